The van der Waals surface area contributed by atoms with Gasteiger partial charge in [0.05, 0.1) is 0 Å². The lowest BCUT2D eigenvalue weighted by Crippen LogP contribution is -2.38. The molecular weight excluding hydrogens is 182 g/mol. The Labute approximate surface area is 91.9 Å². The second-order valence-electron chi connectivity index (χ2n) is 5.25. The topological polar surface area (TPSA) is 12.0 Å². The van der Waals surface area contributed by atoms with E-state index >= 15 is 0 Å². The predicted octanol–water partition coefficient (Wildman–Crippen LogP) is 3.67. The zero-order chi connectivity index (χ0) is 10.3. The first kappa shape index (κ1) is 9.26. The summed E-state index contributed by atoms with van der Waals surface area (Å²) < 4.78 is 0. The quantitative estimate of drug-likeness (QED) is 0.675. The highest BCUT2D eigenvalue weighted by Gasteiger charge is 2.37. The number of hydrogen-bond acceptors (Lipinski definition) is 1. The van der Waals surface area contributed by atoms with Crippen molar-refractivity contribution in [3.05, 3.63) is 29.3 Å². The molecule has 1 aliphatic heterocycles. The van der Waals surface area contributed by atoms with Crippen molar-refractivity contribution < 1.29 is 0 Å². The molecule has 0 bridgehead atoms. The average molecular weight is 201 g/mol. The van der Waals surface area contributed by atoms with Gasteiger partial charge in [-0.05, 0) is 37.3 Å². The van der Waals surface area contributed by atoms with Gasteiger partial charge in [0.15, 0.2) is 0 Å². The monoisotopic (exact) mass is 201 g/mol. The molecular formula is C14H19N. The van der Waals surface area contributed by atoms with Crippen LogP contribution < -0.4 is 5.32 Å². The summed E-state index contributed by atoms with van der Waals surface area (Å²) >= 11 is 0. The minimum Gasteiger partial charge on any atom is -0.379 e. The van der Waals surface area contributed by atoms with Gasteiger partial charge in [0, 0.05) is 11.2 Å². The van der Waals surface area contributed by atoms with Gasteiger partial charge in [-0.2, -0.15) is 0 Å². The van der Waals surface area contributed by atoms with E-state index in [4.69, 9.17) is 0 Å². The third kappa shape index (κ3) is 1.45. The van der Waals surface area contributed by atoms with Crippen molar-refractivity contribution >= 4 is 5.69 Å². The van der Waals surface area contributed by atoms with Crippen LogP contribution in [0.3, 0.4) is 0 Å². The normalized spacial score (nSPS) is 22.5. The first-order valence-corrected chi connectivity index (χ1v) is 6.16. The summed E-state index contributed by atoms with van der Waals surface area (Å²) in [6.07, 6.45) is 8.21. The minimum atomic E-state index is 0.423. The molecule has 0 atom stereocenters. The Morgan fingerprint density at radius 3 is 2.67 bits per heavy atom. The van der Waals surface area contributed by atoms with E-state index in [2.05, 4.69) is 30.4 Å². The predicted molar refractivity (Wildman–Crippen MR) is 64.3 cm³/mol. The Balaban J connectivity index is 1.94. The Hall–Kier alpha value is -0.980. The highest BCUT2D eigenvalue weighted by molar-refractivity contribution is 5.63. The lowest BCUT2D eigenvalue weighted by atomic mass is 9.80. The highest BCUT2D eigenvalue weighted by atomic mass is 15.0. The molecule has 0 amide bonds. The molecule has 0 aromatic heterocycles. The summed E-state index contributed by atoms with van der Waals surface area (Å²) in [6.45, 7) is 2.22. The van der Waals surface area contributed by atoms with Crippen molar-refractivity contribution in [3.63, 3.8) is 0 Å². The van der Waals surface area contributed by atoms with Crippen LogP contribution in [0.25, 0.3) is 0 Å². The van der Waals surface area contributed by atoms with E-state index in [0.29, 0.717) is 5.54 Å². The number of para-hydroxylation sites is 1. The molecule has 1 aromatic rings. The molecule has 1 N–H and O–H groups in total. The number of nitrogens with one attached hydrogen (secondary N) is 1. The Morgan fingerprint density at radius 1 is 1.13 bits per heavy atom. The number of benzene rings is 1. The van der Waals surface area contributed by atoms with Gasteiger partial charge in [0.1, 0.15) is 0 Å². The van der Waals surface area contributed by atoms with E-state index < -0.39 is 0 Å². The van der Waals surface area contributed by atoms with E-state index in [-0.39, 0.29) is 0 Å². The summed E-state index contributed by atoms with van der Waals surface area (Å²) in [5.41, 5.74) is 4.80. The molecule has 0 saturated heterocycles. The molecule has 1 heterocycles. The van der Waals surface area contributed by atoms with E-state index in [0.717, 1.165) is 0 Å². The van der Waals surface area contributed by atoms with Gasteiger partial charge in [-0.15, -0.1) is 0 Å². The van der Waals surface area contributed by atoms with Gasteiger partial charge in [-0.25, -0.2) is 0 Å². The van der Waals surface area contributed by atoms with Crippen molar-refractivity contribution in [2.24, 2.45) is 0 Å². The van der Waals surface area contributed by atoms with Gasteiger partial charge in [0.25, 0.3) is 0 Å². The highest BCUT2D eigenvalue weighted by Crippen LogP contribution is 2.42. The zero-order valence-corrected chi connectivity index (χ0v) is 9.47. The molecule has 1 aromatic carbocycles. The zero-order valence-electron chi connectivity index (χ0n) is 9.47. The lowest BCUT2D eigenvalue weighted by Gasteiger charge is -2.34. The van der Waals surface area contributed by atoms with Crippen molar-refractivity contribution in [2.75, 3.05) is 5.32 Å². The molecule has 0 radical (unpaired) electrons. The van der Waals surface area contributed by atoms with Crippen LogP contribution in [0, 0.1) is 6.92 Å². The fraction of sp³-hybridized carbons (Fsp3) is 0.571. The fourth-order valence-corrected chi connectivity index (χ4v) is 3.26. The van der Waals surface area contributed by atoms with Crippen LogP contribution in [-0.2, 0) is 6.42 Å². The van der Waals surface area contributed by atoms with Gasteiger partial charge in [-0.1, -0.05) is 37.5 Å². The van der Waals surface area contributed by atoms with Crippen LogP contribution in [0.5, 0.6) is 0 Å². The molecule has 0 unspecified atom stereocenters. The van der Waals surface area contributed by atoms with E-state index in [1.54, 1.807) is 0 Å². The third-order valence-corrected chi connectivity index (χ3v) is 4.09. The molecule has 1 aliphatic carbocycles. The number of rotatable bonds is 0. The molecule has 1 fully saturated rings. The molecule has 3 rings (SSSR count). The number of hydrogen-bond donors (Lipinski definition) is 1. The largest absolute Gasteiger partial charge is 0.379 e. The first-order valence-electron chi connectivity index (χ1n) is 6.16. The van der Waals surface area contributed by atoms with Crippen LogP contribution in [0.1, 0.15) is 43.2 Å². The number of anilines is 1. The SMILES string of the molecule is Cc1cccc2c1NC1(CCCCC1)C2. The third-order valence-electron chi connectivity index (χ3n) is 4.09. The molecule has 1 spiro atoms. The number of aryl methyl sites for hydroxylation is 1. The molecule has 80 valence electrons. The van der Waals surface area contributed by atoms with E-state index in [1.807, 2.05) is 0 Å². The van der Waals surface area contributed by atoms with Gasteiger partial charge >= 0.3 is 0 Å². The molecule has 1 heteroatoms. The minimum absolute atomic E-state index is 0.423. The summed E-state index contributed by atoms with van der Waals surface area (Å²) in [7, 11) is 0. The lowest BCUT2D eigenvalue weighted by molar-refractivity contribution is 0.333. The fourth-order valence-electron chi connectivity index (χ4n) is 3.26. The molecule has 1 nitrogen and oxygen atoms in total. The number of fused-ring (bicyclic) bond motifs is 1. The van der Waals surface area contributed by atoms with Crippen molar-refractivity contribution in [1.29, 1.82) is 0 Å². The molecule has 1 saturated carbocycles. The maximum Gasteiger partial charge on any atom is 0.0415 e. The van der Waals surface area contributed by atoms with Crippen molar-refractivity contribution in [3.8, 4) is 0 Å². The van der Waals surface area contributed by atoms with Gasteiger partial charge < -0.3 is 5.32 Å². The maximum absolute atomic E-state index is 3.82. The Kier molecular flexibility index (Phi) is 2.01. The second kappa shape index (κ2) is 3.26. The molecule has 15 heavy (non-hydrogen) atoms. The summed E-state index contributed by atoms with van der Waals surface area (Å²) in [5.74, 6) is 0. The second-order valence-corrected chi connectivity index (χ2v) is 5.25. The average Bonchev–Trinajstić information content (AvgIpc) is 2.59. The van der Waals surface area contributed by atoms with Crippen molar-refractivity contribution in [2.45, 2.75) is 51.0 Å². The summed E-state index contributed by atoms with van der Waals surface area (Å²) in [4.78, 5) is 0. The van der Waals surface area contributed by atoms with Gasteiger partial charge in [-0.3, -0.25) is 0 Å². The van der Waals surface area contributed by atoms with Crippen LogP contribution in [0.4, 0.5) is 5.69 Å². The van der Waals surface area contributed by atoms with Crippen LogP contribution in [0.15, 0.2) is 18.2 Å². The molecule has 2 aliphatic rings. The van der Waals surface area contributed by atoms with E-state index in [1.165, 1.54) is 55.3 Å². The summed E-state index contributed by atoms with van der Waals surface area (Å²) in [6, 6.07) is 6.70. The van der Waals surface area contributed by atoms with Crippen LogP contribution >= 0.6 is 0 Å². The smallest absolute Gasteiger partial charge is 0.0415 e. The van der Waals surface area contributed by atoms with Crippen LogP contribution in [0.2, 0.25) is 0 Å². The van der Waals surface area contributed by atoms with Crippen molar-refractivity contribution in [1.82, 2.24) is 0 Å². The Morgan fingerprint density at radius 2 is 1.93 bits per heavy atom. The summed E-state index contributed by atoms with van der Waals surface area (Å²) in [5, 5.41) is 3.82. The standard InChI is InChI=1S/C14H19N/c1-11-6-5-7-12-10-14(15-13(11)12)8-3-2-4-9-14/h5-7,15H,2-4,8-10H2,1H3. The maximum atomic E-state index is 3.82. The first-order chi connectivity index (χ1) is 7.29. The van der Waals surface area contributed by atoms with Gasteiger partial charge in [0.2, 0.25) is 0 Å². The van der Waals surface area contributed by atoms with E-state index in [9.17, 15) is 0 Å². The van der Waals surface area contributed by atoms with Crippen LogP contribution in [-0.4, -0.2) is 5.54 Å². The Bertz CT molecular complexity index is 375.